The molecule has 3 rings (SSSR count). The fourth-order valence-electron chi connectivity index (χ4n) is 3.43. The number of carboxylic acid groups (broad SMARTS) is 1. The van der Waals surface area contributed by atoms with Crippen LogP contribution >= 0.6 is 0 Å². The molecule has 30 heavy (non-hydrogen) atoms. The second-order valence-corrected chi connectivity index (χ2v) is 8.84. The van der Waals surface area contributed by atoms with Crippen LogP contribution in [0.3, 0.4) is 0 Å². The van der Waals surface area contributed by atoms with E-state index >= 15 is 0 Å². The molecule has 0 aliphatic heterocycles. The molecule has 0 aliphatic rings. The van der Waals surface area contributed by atoms with Crippen LogP contribution < -0.4 is 10.5 Å². The zero-order valence-electron chi connectivity index (χ0n) is 16.3. The molecule has 0 bridgehead atoms. The highest BCUT2D eigenvalue weighted by Crippen LogP contribution is 2.37. The Balaban J connectivity index is 2.15. The van der Waals surface area contributed by atoms with Gasteiger partial charge in [0.25, 0.3) is 0 Å². The monoisotopic (exact) mass is 424 g/mol. The molecule has 7 heteroatoms. The molecule has 0 amide bonds. The van der Waals surface area contributed by atoms with Crippen molar-refractivity contribution in [2.24, 2.45) is 5.73 Å². The van der Waals surface area contributed by atoms with Crippen LogP contribution in [0.2, 0.25) is 0 Å². The summed E-state index contributed by atoms with van der Waals surface area (Å²) in [5.74, 6) is -1.64. The van der Waals surface area contributed by atoms with Gasteiger partial charge in [-0.25, -0.2) is 8.42 Å². The minimum atomic E-state index is -3.91. The Morgan fingerprint density at radius 3 is 1.53 bits per heavy atom. The van der Waals surface area contributed by atoms with Gasteiger partial charge in [0.15, 0.2) is 0 Å². The molecular formula is C23H24N2O4S. The van der Waals surface area contributed by atoms with Crippen LogP contribution in [0.5, 0.6) is 0 Å². The molecule has 6 nitrogen and oxygen atoms in total. The summed E-state index contributed by atoms with van der Waals surface area (Å²) in [4.78, 5) is 11.0. The second kappa shape index (κ2) is 9.21. The van der Waals surface area contributed by atoms with Crippen molar-refractivity contribution in [3.05, 3.63) is 108 Å². The minimum absolute atomic E-state index is 0.195. The van der Waals surface area contributed by atoms with E-state index in [2.05, 4.69) is 4.72 Å². The standard InChI is InChI=1S/C23H24N2O4S/c24-21(22(26)27)16-17-30(28,29)25-23(18-10-4-1-5-11-18,19-12-6-2-7-13-19)20-14-8-3-9-15-20/h1-15,21,25H,16-17,24H2,(H,26,27). The number of carbonyl (C=O) groups is 1. The van der Waals surface area contributed by atoms with Crippen LogP contribution in [0.1, 0.15) is 23.1 Å². The molecule has 0 aromatic heterocycles. The van der Waals surface area contributed by atoms with E-state index in [1.54, 1.807) is 0 Å². The van der Waals surface area contributed by atoms with Gasteiger partial charge < -0.3 is 10.8 Å². The maximum Gasteiger partial charge on any atom is 0.320 e. The maximum atomic E-state index is 13.1. The van der Waals surface area contributed by atoms with E-state index in [1.165, 1.54) is 0 Å². The van der Waals surface area contributed by atoms with Gasteiger partial charge in [-0.15, -0.1) is 0 Å². The Hall–Kier alpha value is -3.00. The zero-order chi connectivity index (χ0) is 21.6. The van der Waals surface area contributed by atoms with Crippen LogP contribution in [0.15, 0.2) is 91.0 Å². The zero-order valence-corrected chi connectivity index (χ0v) is 17.1. The van der Waals surface area contributed by atoms with E-state index in [0.29, 0.717) is 0 Å². The van der Waals surface area contributed by atoms with Gasteiger partial charge in [0.05, 0.1) is 5.75 Å². The highest BCUT2D eigenvalue weighted by molar-refractivity contribution is 7.89. The molecule has 1 atom stereocenters. The first kappa shape index (κ1) is 21.7. The van der Waals surface area contributed by atoms with E-state index in [1.807, 2.05) is 91.0 Å². The van der Waals surface area contributed by atoms with Crippen molar-refractivity contribution in [1.29, 1.82) is 0 Å². The molecule has 0 aliphatic carbocycles. The van der Waals surface area contributed by atoms with Gasteiger partial charge in [0.2, 0.25) is 10.0 Å². The lowest BCUT2D eigenvalue weighted by Crippen LogP contribution is -2.49. The Morgan fingerprint density at radius 1 is 0.833 bits per heavy atom. The predicted octanol–water partition coefficient (Wildman–Crippen LogP) is 2.70. The van der Waals surface area contributed by atoms with Crippen molar-refractivity contribution in [3.8, 4) is 0 Å². The molecular weight excluding hydrogens is 400 g/mol. The average molecular weight is 425 g/mol. The van der Waals surface area contributed by atoms with Crippen molar-refractivity contribution < 1.29 is 18.3 Å². The van der Waals surface area contributed by atoms with Gasteiger partial charge in [0.1, 0.15) is 11.6 Å². The average Bonchev–Trinajstić information content (AvgIpc) is 2.77. The third kappa shape index (κ3) is 4.76. The molecule has 0 saturated heterocycles. The fourth-order valence-corrected chi connectivity index (χ4v) is 4.92. The summed E-state index contributed by atoms with van der Waals surface area (Å²) in [5.41, 5.74) is 6.58. The van der Waals surface area contributed by atoms with E-state index in [0.717, 1.165) is 16.7 Å². The van der Waals surface area contributed by atoms with Gasteiger partial charge in [-0.2, -0.15) is 4.72 Å². The van der Waals surface area contributed by atoms with Gasteiger partial charge in [0, 0.05) is 0 Å². The summed E-state index contributed by atoms with van der Waals surface area (Å²) >= 11 is 0. The quantitative estimate of drug-likeness (QED) is 0.458. The number of nitrogens with two attached hydrogens (primary N) is 1. The minimum Gasteiger partial charge on any atom is -0.480 e. The predicted molar refractivity (Wildman–Crippen MR) is 116 cm³/mol. The van der Waals surface area contributed by atoms with Crippen LogP contribution in [0, 0.1) is 0 Å². The third-order valence-electron chi connectivity index (χ3n) is 4.94. The number of hydrogen-bond acceptors (Lipinski definition) is 4. The first-order chi connectivity index (χ1) is 14.3. The van der Waals surface area contributed by atoms with Gasteiger partial charge in [-0.3, -0.25) is 4.79 Å². The lowest BCUT2D eigenvalue weighted by molar-refractivity contribution is -0.138. The molecule has 0 spiro atoms. The van der Waals surface area contributed by atoms with Crippen molar-refractivity contribution in [1.82, 2.24) is 4.72 Å². The van der Waals surface area contributed by atoms with Gasteiger partial charge in [-0.05, 0) is 23.1 Å². The largest absolute Gasteiger partial charge is 0.480 e. The van der Waals surface area contributed by atoms with Crippen molar-refractivity contribution in [2.75, 3.05) is 5.75 Å². The molecule has 3 aromatic carbocycles. The summed E-state index contributed by atoms with van der Waals surface area (Å²) in [6.07, 6.45) is -0.195. The number of benzene rings is 3. The van der Waals surface area contributed by atoms with E-state index < -0.39 is 33.3 Å². The van der Waals surface area contributed by atoms with Crippen molar-refractivity contribution >= 4 is 16.0 Å². The Bertz CT molecular complexity index is 975. The van der Waals surface area contributed by atoms with E-state index in [-0.39, 0.29) is 6.42 Å². The molecule has 0 heterocycles. The van der Waals surface area contributed by atoms with Crippen molar-refractivity contribution in [3.63, 3.8) is 0 Å². The number of carboxylic acids is 1. The number of nitrogens with one attached hydrogen (secondary N) is 1. The summed E-state index contributed by atoms with van der Waals surface area (Å²) in [5, 5.41) is 9.01. The van der Waals surface area contributed by atoms with Crippen LogP contribution in [0.25, 0.3) is 0 Å². The molecule has 0 fully saturated rings. The van der Waals surface area contributed by atoms with Gasteiger partial charge in [-0.1, -0.05) is 91.0 Å². The normalized spacial score (nSPS) is 13.0. The van der Waals surface area contributed by atoms with Crippen LogP contribution in [-0.4, -0.2) is 31.3 Å². The lowest BCUT2D eigenvalue weighted by Gasteiger charge is -2.36. The lowest BCUT2D eigenvalue weighted by atomic mass is 9.78. The first-order valence-electron chi connectivity index (χ1n) is 9.52. The van der Waals surface area contributed by atoms with E-state index in [4.69, 9.17) is 10.8 Å². The summed E-state index contributed by atoms with van der Waals surface area (Å²) in [6.45, 7) is 0. The molecule has 4 N–H and O–H groups in total. The summed E-state index contributed by atoms with van der Waals surface area (Å²) < 4.78 is 29.1. The smallest absolute Gasteiger partial charge is 0.320 e. The molecule has 0 radical (unpaired) electrons. The summed E-state index contributed by atoms with van der Waals surface area (Å²) in [7, 11) is -3.91. The Kier molecular flexibility index (Phi) is 6.66. The van der Waals surface area contributed by atoms with Crippen molar-refractivity contribution in [2.45, 2.75) is 18.0 Å². The number of aliphatic carboxylic acids is 1. The summed E-state index contributed by atoms with van der Waals surface area (Å²) in [6, 6.07) is 26.7. The number of rotatable bonds is 9. The number of hydrogen-bond donors (Lipinski definition) is 3. The highest BCUT2D eigenvalue weighted by Gasteiger charge is 2.40. The molecule has 3 aromatic rings. The highest BCUT2D eigenvalue weighted by atomic mass is 32.2. The van der Waals surface area contributed by atoms with Gasteiger partial charge >= 0.3 is 5.97 Å². The number of sulfonamides is 1. The fraction of sp³-hybridized carbons (Fsp3) is 0.174. The molecule has 1 unspecified atom stereocenters. The topological polar surface area (TPSA) is 109 Å². The maximum absolute atomic E-state index is 13.1. The molecule has 0 saturated carbocycles. The van der Waals surface area contributed by atoms with Crippen LogP contribution in [-0.2, 0) is 20.4 Å². The SMILES string of the molecule is NC(CCS(=O)(=O)NC(c1ccccc1)(c1ccccc1)c1ccccc1)C(=O)O. The van der Waals surface area contributed by atoms with Crippen LogP contribution in [0.4, 0.5) is 0 Å². The second-order valence-electron chi connectivity index (χ2n) is 7.00. The third-order valence-corrected chi connectivity index (χ3v) is 6.33. The van der Waals surface area contributed by atoms with E-state index in [9.17, 15) is 13.2 Å². The Morgan fingerprint density at radius 2 is 1.20 bits per heavy atom. The first-order valence-corrected chi connectivity index (χ1v) is 11.2. The Labute approximate surface area is 176 Å². The molecule has 156 valence electrons.